The summed E-state index contributed by atoms with van der Waals surface area (Å²) in [5.41, 5.74) is -0.293. The van der Waals surface area contributed by atoms with Crippen molar-refractivity contribution in [1.82, 2.24) is 15.3 Å². The lowest BCUT2D eigenvalue weighted by atomic mass is 9.99. The van der Waals surface area contributed by atoms with E-state index in [2.05, 4.69) is 15.3 Å². The van der Waals surface area contributed by atoms with E-state index in [4.69, 9.17) is 0 Å². The van der Waals surface area contributed by atoms with Crippen LogP contribution in [0.25, 0.3) is 0 Å². The molecule has 0 amide bonds. The van der Waals surface area contributed by atoms with Crippen LogP contribution < -0.4 is 10.9 Å². The zero-order valence-corrected chi connectivity index (χ0v) is 7.79. The van der Waals surface area contributed by atoms with Crippen molar-refractivity contribution < 1.29 is 5.11 Å². The maximum atomic E-state index is 11.1. The molecule has 14 heavy (non-hydrogen) atoms. The fourth-order valence-corrected chi connectivity index (χ4v) is 1.74. The fourth-order valence-electron chi connectivity index (χ4n) is 1.74. The highest BCUT2D eigenvalue weighted by molar-refractivity contribution is 5.10. The summed E-state index contributed by atoms with van der Waals surface area (Å²) in [7, 11) is 0. The van der Waals surface area contributed by atoms with E-state index in [1.54, 1.807) is 0 Å². The van der Waals surface area contributed by atoms with Crippen LogP contribution in [0.2, 0.25) is 0 Å². The van der Waals surface area contributed by atoms with Crippen molar-refractivity contribution in [2.24, 2.45) is 0 Å². The van der Waals surface area contributed by atoms with E-state index in [0.717, 1.165) is 32.0 Å². The average molecular weight is 195 g/mol. The third-order valence-corrected chi connectivity index (χ3v) is 2.43. The quantitative estimate of drug-likeness (QED) is 0.586. The van der Waals surface area contributed by atoms with Crippen LogP contribution in [-0.2, 0) is 0 Å². The molecular formula is C9H13N3O2. The van der Waals surface area contributed by atoms with Crippen LogP contribution in [0.15, 0.2) is 10.9 Å². The van der Waals surface area contributed by atoms with Crippen LogP contribution in [0, 0.1) is 0 Å². The highest BCUT2D eigenvalue weighted by Crippen LogP contribution is 2.19. The van der Waals surface area contributed by atoms with Gasteiger partial charge in [0.15, 0.2) is 0 Å². The lowest BCUT2D eigenvalue weighted by Gasteiger charge is -2.21. The highest BCUT2D eigenvalue weighted by Gasteiger charge is 2.17. The molecule has 0 radical (unpaired) electrons. The molecule has 0 aliphatic carbocycles. The zero-order chi connectivity index (χ0) is 9.97. The van der Waals surface area contributed by atoms with Crippen LogP contribution in [-0.4, -0.2) is 28.2 Å². The Balaban J connectivity index is 2.26. The van der Waals surface area contributed by atoms with E-state index in [9.17, 15) is 9.90 Å². The average Bonchev–Trinajstić information content (AvgIpc) is 2.18. The molecule has 3 N–H and O–H groups in total. The van der Waals surface area contributed by atoms with E-state index in [-0.39, 0.29) is 17.4 Å². The summed E-state index contributed by atoms with van der Waals surface area (Å²) in [5, 5.41) is 12.4. The van der Waals surface area contributed by atoms with Gasteiger partial charge in [-0.1, -0.05) is 0 Å². The number of H-pyrrole nitrogens is 1. The van der Waals surface area contributed by atoms with Crippen LogP contribution in [0.3, 0.4) is 0 Å². The van der Waals surface area contributed by atoms with Gasteiger partial charge < -0.3 is 15.4 Å². The van der Waals surface area contributed by atoms with Gasteiger partial charge in [0.25, 0.3) is 5.56 Å². The van der Waals surface area contributed by atoms with Crippen molar-refractivity contribution in [3.8, 4) is 5.88 Å². The molecule has 1 aromatic rings. The fraction of sp³-hybridized carbons (Fsp3) is 0.556. The molecule has 1 atom stereocenters. The van der Waals surface area contributed by atoms with Gasteiger partial charge in [-0.3, -0.25) is 4.79 Å². The second kappa shape index (κ2) is 3.79. The van der Waals surface area contributed by atoms with Gasteiger partial charge >= 0.3 is 0 Å². The third-order valence-electron chi connectivity index (χ3n) is 2.43. The Hall–Kier alpha value is -1.36. The Morgan fingerprint density at radius 3 is 3.07 bits per heavy atom. The lowest BCUT2D eigenvalue weighted by molar-refractivity contribution is 0.420. The topological polar surface area (TPSA) is 78.0 Å². The van der Waals surface area contributed by atoms with Crippen LogP contribution in [0.1, 0.15) is 24.6 Å². The molecule has 0 bridgehead atoms. The monoisotopic (exact) mass is 195 g/mol. The number of aromatic nitrogens is 2. The molecule has 0 spiro atoms. The number of piperidine rings is 1. The maximum Gasteiger partial charge on any atom is 0.254 e. The third kappa shape index (κ3) is 1.93. The molecule has 0 aromatic carbocycles. The van der Waals surface area contributed by atoms with Gasteiger partial charge in [0, 0.05) is 12.5 Å². The summed E-state index contributed by atoms with van der Waals surface area (Å²) in [5.74, 6) is 0.597. The van der Waals surface area contributed by atoms with Gasteiger partial charge in [-0.15, -0.1) is 0 Å². The molecule has 5 heteroatoms. The minimum Gasteiger partial charge on any atom is -0.493 e. The first-order chi connectivity index (χ1) is 6.75. The summed E-state index contributed by atoms with van der Waals surface area (Å²) in [4.78, 5) is 17.6. The molecular weight excluding hydrogens is 182 g/mol. The summed E-state index contributed by atoms with van der Waals surface area (Å²) < 4.78 is 0. The first kappa shape index (κ1) is 9.21. The Labute approximate surface area is 81.2 Å². The summed E-state index contributed by atoms with van der Waals surface area (Å²) in [6, 6.07) is 1.08. The predicted octanol–water partition coefficient (Wildman–Crippen LogP) is -0.0575. The number of aromatic hydroxyl groups is 1. The second-order valence-electron chi connectivity index (χ2n) is 3.53. The predicted molar refractivity (Wildman–Crippen MR) is 51.4 cm³/mol. The molecule has 0 saturated carbocycles. The van der Waals surface area contributed by atoms with Gasteiger partial charge in [-0.2, -0.15) is 4.98 Å². The second-order valence-corrected chi connectivity index (χ2v) is 3.53. The van der Waals surface area contributed by atoms with E-state index >= 15 is 0 Å². The molecule has 76 valence electrons. The van der Waals surface area contributed by atoms with Gasteiger partial charge in [-0.05, 0) is 19.4 Å². The summed E-state index contributed by atoms with van der Waals surface area (Å²) >= 11 is 0. The maximum absolute atomic E-state index is 11.1. The standard InChI is InChI=1S/C9H13N3O2/c13-7-4-8(14)12-9(11-7)6-2-1-3-10-5-6/h4,6,10H,1-3,5H2,(H2,11,12,13,14). The van der Waals surface area contributed by atoms with Crippen molar-refractivity contribution in [3.63, 3.8) is 0 Å². The molecule has 1 aromatic heterocycles. The molecule has 5 nitrogen and oxygen atoms in total. The molecule has 1 aliphatic heterocycles. The first-order valence-electron chi connectivity index (χ1n) is 4.76. The van der Waals surface area contributed by atoms with Crippen LogP contribution in [0.4, 0.5) is 0 Å². The summed E-state index contributed by atoms with van der Waals surface area (Å²) in [6.07, 6.45) is 2.07. The van der Waals surface area contributed by atoms with E-state index < -0.39 is 0 Å². The van der Waals surface area contributed by atoms with Crippen molar-refractivity contribution >= 4 is 0 Å². The Morgan fingerprint density at radius 2 is 2.43 bits per heavy atom. The first-order valence-corrected chi connectivity index (χ1v) is 4.76. The Morgan fingerprint density at radius 1 is 1.57 bits per heavy atom. The molecule has 2 rings (SSSR count). The minimum absolute atomic E-state index is 0.200. The SMILES string of the molecule is O=c1cc(O)nc(C2CCCNC2)[nH]1. The Kier molecular flexibility index (Phi) is 2.49. The Bertz CT molecular complexity index is 369. The smallest absolute Gasteiger partial charge is 0.254 e. The number of rotatable bonds is 1. The number of hydrogen-bond acceptors (Lipinski definition) is 4. The molecule has 2 heterocycles. The number of hydrogen-bond donors (Lipinski definition) is 3. The van der Waals surface area contributed by atoms with Gasteiger partial charge in [0.1, 0.15) is 5.82 Å². The van der Waals surface area contributed by atoms with E-state index in [1.165, 1.54) is 0 Å². The van der Waals surface area contributed by atoms with Crippen LogP contribution in [0.5, 0.6) is 5.88 Å². The summed E-state index contributed by atoms with van der Waals surface area (Å²) in [6.45, 7) is 1.83. The van der Waals surface area contributed by atoms with E-state index in [1.807, 2.05) is 0 Å². The van der Waals surface area contributed by atoms with Crippen molar-refractivity contribution in [3.05, 3.63) is 22.2 Å². The van der Waals surface area contributed by atoms with Crippen molar-refractivity contribution in [2.45, 2.75) is 18.8 Å². The van der Waals surface area contributed by atoms with Gasteiger partial charge in [0.05, 0.1) is 6.07 Å². The van der Waals surface area contributed by atoms with Gasteiger partial charge in [-0.25, -0.2) is 0 Å². The highest BCUT2D eigenvalue weighted by atomic mass is 16.3. The zero-order valence-electron chi connectivity index (χ0n) is 7.79. The largest absolute Gasteiger partial charge is 0.493 e. The molecule has 1 unspecified atom stereocenters. The van der Waals surface area contributed by atoms with E-state index in [0.29, 0.717) is 5.82 Å². The molecule has 1 saturated heterocycles. The number of nitrogens with zero attached hydrogens (tertiary/aromatic N) is 1. The number of nitrogens with one attached hydrogen (secondary N) is 2. The van der Waals surface area contributed by atoms with Crippen LogP contribution >= 0.6 is 0 Å². The molecule has 1 aliphatic rings. The van der Waals surface area contributed by atoms with Crippen molar-refractivity contribution in [2.75, 3.05) is 13.1 Å². The lowest BCUT2D eigenvalue weighted by Crippen LogP contribution is -2.30. The minimum atomic E-state index is -0.293. The van der Waals surface area contributed by atoms with Crippen molar-refractivity contribution in [1.29, 1.82) is 0 Å². The number of aromatic amines is 1. The normalized spacial score (nSPS) is 22.1. The molecule has 1 fully saturated rings. The van der Waals surface area contributed by atoms with Gasteiger partial charge in [0.2, 0.25) is 5.88 Å².